The maximum absolute atomic E-state index is 12.5. The lowest BCUT2D eigenvalue weighted by molar-refractivity contribution is -0.138. The van der Waals surface area contributed by atoms with Gasteiger partial charge in [0.05, 0.1) is 0 Å². The van der Waals surface area contributed by atoms with Gasteiger partial charge < -0.3 is 10.2 Å². The summed E-state index contributed by atoms with van der Waals surface area (Å²) in [5.41, 5.74) is 0. The Bertz CT molecular complexity index is 237. The van der Waals surface area contributed by atoms with Crippen LogP contribution in [0.1, 0.15) is 59.3 Å². The minimum Gasteiger partial charge on any atom is -0.339 e. The van der Waals surface area contributed by atoms with E-state index < -0.39 is 0 Å². The Morgan fingerprint density at radius 3 is 2.50 bits per heavy atom. The SMILES string of the molecule is CCCCC(C)C(=O)N(CCC)C1CCNCC1. The van der Waals surface area contributed by atoms with Crippen molar-refractivity contribution in [3.8, 4) is 0 Å². The number of carbonyl (C=O) groups is 1. The van der Waals surface area contributed by atoms with Crippen molar-refractivity contribution in [3.05, 3.63) is 0 Å². The fraction of sp³-hybridized carbons (Fsp3) is 0.933. The molecule has 1 N–H and O–H groups in total. The van der Waals surface area contributed by atoms with Crippen LogP contribution in [0.25, 0.3) is 0 Å². The van der Waals surface area contributed by atoms with Crippen LogP contribution in [0.4, 0.5) is 0 Å². The van der Waals surface area contributed by atoms with E-state index in [1.54, 1.807) is 0 Å². The molecule has 3 heteroatoms. The van der Waals surface area contributed by atoms with E-state index in [1.165, 1.54) is 12.8 Å². The highest BCUT2D eigenvalue weighted by atomic mass is 16.2. The average Bonchev–Trinajstić information content (AvgIpc) is 2.42. The number of unbranched alkanes of at least 4 members (excludes halogenated alkanes) is 1. The first-order chi connectivity index (χ1) is 8.70. The average molecular weight is 254 g/mol. The van der Waals surface area contributed by atoms with Gasteiger partial charge in [0.25, 0.3) is 0 Å². The Balaban J connectivity index is 2.55. The van der Waals surface area contributed by atoms with E-state index >= 15 is 0 Å². The number of hydrogen-bond acceptors (Lipinski definition) is 2. The number of hydrogen-bond donors (Lipinski definition) is 1. The second-order valence-corrected chi connectivity index (χ2v) is 5.56. The van der Waals surface area contributed by atoms with E-state index in [0.717, 1.165) is 45.3 Å². The first kappa shape index (κ1) is 15.5. The smallest absolute Gasteiger partial charge is 0.225 e. The van der Waals surface area contributed by atoms with Crippen molar-refractivity contribution >= 4 is 5.91 Å². The third-order valence-corrected chi connectivity index (χ3v) is 3.91. The second-order valence-electron chi connectivity index (χ2n) is 5.56. The zero-order valence-corrected chi connectivity index (χ0v) is 12.4. The molecule has 0 aliphatic carbocycles. The molecule has 0 bridgehead atoms. The topological polar surface area (TPSA) is 32.3 Å². The zero-order chi connectivity index (χ0) is 13.4. The quantitative estimate of drug-likeness (QED) is 0.757. The minimum atomic E-state index is 0.200. The van der Waals surface area contributed by atoms with E-state index in [4.69, 9.17) is 0 Å². The lowest BCUT2D eigenvalue weighted by Gasteiger charge is -2.36. The summed E-state index contributed by atoms with van der Waals surface area (Å²) in [7, 11) is 0. The molecule has 1 heterocycles. The predicted octanol–water partition coefficient (Wildman–Crippen LogP) is 2.80. The Hall–Kier alpha value is -0.570. The van der Waals surface area contributed by atoms with Crippen molar-refractivity contribution in [1.82, 2.24) is 10.2 Å². The van der Waals surface area contributed by atoms with Crippen molar-refractivity contribution in [3.63, 3.8) is 0 Å². The van der Waals surface area contributed by atoms with E-state index in [1.807, 2.05) is 0 Å². The number of amides is 1. The first-order valence-corrected chi connectivity index (χ1v) is 7.71. The van der Waals surface area contributed by atoms with Gasteiger partial charge in [-0.25, -0.2) is 0 Å². The fourth-order valence-electron chi connectivity index (χ4n) is 2.75. The summed E-state index contributed by atoms with van der Waals surface area (Å²) in [5, 5.41) is 3.38. The molecule has 106 valence electrons. The van der Waals surface area contributed by atoms with Gasteiger partial charge in [-0.05, 0) is 38.8 Å². The summed E-state index contributed by atoms with van der Waals surface area (Å²) in [5.74, 6) is 0.587. The maximum Gasteiger partial charge on any atom is 0.225 e. The summed E-state index contributed by atoms with van der Waals surface area (Å²) in [6.45, 7) is 9.50. The second kappa shape index (κ2) is 8.52. The molecule has 1 saturated heterocycles. The van der Waals surface area contributed by atoms with Gasteiger partial charge in [-0.3, -0.25) is 4.79 Å². The van der Waals surface area contributed by atoms with Crippen LogP contribution < -0.4 is 5.32 Å². The molecular formula is C15H30N2O. The van der Waals surface area contributed by atoms with Gasteiger partial charge in [0.15, 0.2) is 0 Å². The van der Waals surface area contributed by atoms with Crippen molar-refractivity contribution in [1.29, 1.82) is 0 Å². The van der Waals surface area contributed by atoms with Gasteiger partial charge in [0.2, 0.25) is 5.91 Å². The van der Waals surface area contributed by atoms with E-state index in [2.05, 4.69) is 31.0 Å². The van der Waals surface area contributed by atoms with E-state index in [-0.39, 0.29) is 5.92 Å². The Morgan fingerprint density at radius 1 is 1.28 bits per heavy atom. The van der Waals surface area contributed by atoms with E-state index in [0.29, 0.717) is 11.9 Å². The molecule has 0 spiro atoms. The summed E-state index contributed by atoms with van der Waals surface area (Å²) in [6.07, 6.45) is 6.69. The normalized spacial score (nSPS) is 18.6. The molecule has 0 saturated carbocycles. The highest BCUT2D eigenvalue weighted by Crippen LogP contribution is 2.18. The molecule has 1 unspecified atom stereocenters. The van der Waals surface area contributed by atoms with Crippen molar-refractivity contribution in [2.24, 2.45) is 5.92 Å². The molecule has 1 aliphatic rings. The Morgan fingerprint density at radius 2 is 1.94 bits per heavy atom. The van der Waals surface area contributed by atoms with Gasteiger partial charge in [-0.1, -0.05) is 33.6 Å². The summed E-state index contributed by atoms with van der Waals surface area (Å²) in [6, 6.07) is 0.475. The number of nitrogens with one attached hydrogen (secondary N) is 1. The molecule has 0 aromatic heterocycles. The molecule has 1 atom stereocenters. The molecule has 0 radical (unpaired) electrons. The number of nitrogens with zero attached hydrogens (tertiary/aromatic N) is 1. The monoisotopic (exact) mass is 254 g/mol. The largest absolute Gasteiger partial charge is 0.339 e. The zero-order valence-electron chi connectivity index (χ0n) is 12.4. The number of piperidine rings is 1. The molecule has 1 rings (SSSR count). The van der Waals surface area contributed by atoms with Gasteiger partial charge in [0, 0.05) is 18.5 Å². The molecular weight excluding hydrogens is 224 g/mol. The van der Waals surface area contributed by atoms with Crippen LogP contribution in [0.2, 0.25) is 0 Å². The van der Waals surface area contributed by atoms with Crippen LogP contribution in [-0.2, 0) is 4.79 Å². The molecule has 0 aromatic carbocycles. The lowest BCUT2D eigenvalue weighted by atomic mass is 9.98. The van der Waals surface area contributed by atoms with Crippen LogP contribution in [0, 0.1) is 5.92 Å². The maximum atomic E-state index is 12.5. The third kappa shape index (κ3) is 4.60. The summed E-state index contributed by atoms with van der Waals surface area (Å²) < 4.78 is 0. The Labute approximate surface area is 112 Å². The van der Waals surface area contributed by atoms with Crippen molar-refractivity contribution < 1.29 is 4.79 Å². The first-order valence-electron chi connectivity index (χ1n) is 7.71. The number of rotatable bonds is 7. The Kier molecular flexibility index (Phi) is 7.33. The van der Waals surface area contributed by atoms with Gasteiger partial charge in [-0.15, -0.1) is 0 Å². The van der Waals surface area contributed by atoms with Crippen LogP contribution in [-0.4, -0.2) is 36.5 Å². The van der Waals surface area contributed by atoms with Crippen LogP contribution in [0.15, 0.2) is 0 Å². The molecule has 3 nitrogen and oxygen atoms in total. The lowest BCUT2D eigenvalue weighted by Crippen LogP contribution is -2.48. The fourth-order valence-corrected chi connectivity index (χ4v) is 2.75. The standard InChI is InChI=1S/C15H30N2O/c1-4-6-7-13(3)15(18)17(12-5-2)14-8-10-16-11-9-14/h13-14,16H,4-12H2,1-3H3. The minimum absolute atomic E-state index is 0.200. The highest BCUT2D eigenvalue weighted by molar-refractivity contribution is 5.78. The van der Waals surface area contributed by atoms with Crippen molar-refractivity contribution in [2.75, 3.05) is 19.6 Å². The summed E-state index contributed by atoms with van der Waals surface area (Å²) >= 11 is 0. The highest BCUT2D eigenvalue weighted by Gasteiger charge is 2.27. The third-order valence-electron chi connectivity index (χ3n) is 3.91. The summed E-state index contributed by atoms with van der Waals surface area (Å²) in [4.78, 5) is 14.7. The molecule has 0 aromatic rings. The molecule has 1 amide bonds. The van der Waals surface area contributed by atoms with Gasteiger partial charge in [0.1, 0.15) is 0 Å². The van der Waals surface area contributed by atoms with Crippen LogP contribution >= 0.6 is 0 Å². The molecule has 18 heavy (non-hydrogen) atoms. The van der Waals surface area contributed by atoms with Gasteiger partial charge in [-0.2, -0.15) is 0 Å². The molecule has 1 aliphatic heterocycles. The van der Waals surface area contributed by atoms with Gasteiger partial charge >= 0.3 is 0 Å². The molecule has 1 fully saturated rings. The van der Waals surface area contributed by atoms with Crippen LogP contribution in [0.3, 0.4) is 0 Å². The van der Waals surface area contributed by atoms with Crippen LogP contribution in [0.5, 0.6) is 0 Å². The van der Waals surface area contributed by atoms with Crippen molar-refractivity contribution in [2.45, 2.75) is 65.3 Å². The predicted molar refractivity (Wildman–Crippen MR) is 76.6 cm³/mol. The van der Waals surface area contributed by atoms with E-state index in [9.17, 15) is 4.79 Å². The number of carbonyl (C=O) groups excluding carboxylic acids is 1.